The molecule has 3 saturated heterocycles. The Balaban J connectivity index is 1.72. The summed E-state index contributed by atoms with van der Waals surface area (Å²) in [5.74, 6) is 2.13. The summed E-state index contributed by atoms with van der Waals surface area (Å²) in [6.45, 7) is 9.62. The van der Waals surface area contributed by atoms with Gasteiger partial charge in [0.1, 0.15) is 0 Å². The average molecular weight is 276 g/mol. The van der Waals surface area contributed by atoms with Crippen LogP contribution in [0.2, 0.25) is 0 Å². The first-order chi connectivity index (χ1) is 9.60. The second kappa shape index (κ2) is 5.56. The van der Waals surface area contributed by atoms with Crippen molar-refractivity contribution in [3.63, 3.8) is 0 Å². The van der Waals surface area contributed by atoms with E-state index < -0.39 is 0 Å². The van der Waals surface area contributed by atoms with Crippen LogP contribution in [0, 0.1) is 12.8 Å². The van der Waals surface area contributed by atoms with E-state index in [1.807, 2.05) is 26.8 Å². The van der Waals surface area contributed by atoms with Crippen LogP contribution in [-0.4, -0.2) is 46.6 Å². The largest absolute Gasteiger partial charge is 0.475 e. The van der Waals surface area contributed by atoms with E-state index in [2.05, 4.69) is 20.2 Å². The van der Waals surface area contributed by atoms with Crippen LogP contribution in [-0.2, 0) is 0 Å². The number of aromatic nitrogens is 2. The molecular formula is C15H24N4O. The molecule has 0 aliphatic carbocycles. The summed E-state index contributed by atoms with van der Waals surface area (Å²) < 4.78 is 5.69. The number of nitrogens with one attached hydrogen (secondary N) is 1. The van der Waals surface area contributed by atoms with E-state index in [1.54, 1.807) is 0 Å². The molecule has 20 heavy (non-hydrogen) atoms. The Morgan fingerprint density at radius 1 is 1.30 bits per heavy atom. The molecule has 3 aliphatic heterocycles. The monoisotopic (exact) mass is 276 g/mol. The second-order valence-corrected chi connectivity index (χ2v) is 6.23. The van der Waals surface area contributed by atoms with Crippen LogP contribution >= 0.6 is 0 Å². The van der Waals surface area contributed by atoms with E-state index in [-0.39, 0.29) is 6.10 Å². The number of anilines is 1. The van der Waals surface area contributed by atoms with Crippen molar-refractivity contribution < 1.29 is 4.74 Å². The summed E-state index contributed by atoms with van der Waals surface area (Å²) >= 11 is 0. The molecule has 2 bridgehead atoms. The molecule has 5 nitrogen and oxygen atoms in total. The summed E-state index contributed by atoms with van der Waals surface area (Å²) in [5, 5.41) is 3.52. The molecule has 0 amide bonds. The molecule has 3 fully saturated rings. The van der Waals surface area contributed by atoms with Gasteiger partial charge in [0, 0.05) is 24.3 Å². The molecular weight excluding hydrogens is 252 g/mol. The van der Waals surface area contributed by atoms with Gasteiger partial charge in [0.2, 0.25) is 11.8 Å². The molecule has 0 radical (unpaired) electrons. The first kappa shape index (κ1) is 13.6. The van der Waals surface area contributed by atoms with Crippen molar-refractivity contribution in [2.45, 2.75) is 45.8 Å². The molecule has 0 aromatic carbocycles. The van der Waals surface area contributed by atoms with Crippen LogP contribution in [0.4, 0.5) is 5.95 Å². The van der Waals surface area contributed by atoms with Gasteiger partial charge in [0.25, 0.3) is 0 Å². The Hall–Kier alpha value is -1.36. The van der Waals surface area contributed by atoms with E-state index >= 15 is 0 Å². The smallest absolute Gasteiger partial charge is 0.226 e. The highest BCUT2D eigenvalue weighted by molar-refractivity contribution is 5.32. The molecule has 1 aromatic heterocycles. The maximum atomic E-state index is 5.69. The highest BCUT2D eigenvalue weighted by atomic mass is 16.5. The number of ether oxygens (including phenoxy) is 1. The number of piperidine rings is 3. The van der Waals surface area contributed by atoms with Crippen LogP contribution in [0.5, 0.6) is 5.88 Å². The van der Waals surface area contributed by atoms with Crippen LogP contribution in [0.1, 0.15) is 32.4 Å². The molecule has 1 unspecified atom stereocenters. The third kappa shape index (κ3) is 3.03. The molecule has 1 atom stereocenters. The van der Waals surface area contributed by atoms with Crippen LogP contribution < -0.4 is 10.1 Å². The van der Waals surface area contributed by atoms with Gasteiger partial charge < -0.3 is 15.0 Å². The van der Waals surface area contributed by atoms with E-state index in [9.17, 15) is 0 Å². The maximum absolute atomic E-state index is 5.69. The van der Waals surface area contributed by atoms with Crippen LogP contribution in [0.3, 0.4) is 0 Å². The van der Waals surface area contributed by atoms with Gasteiger partial charge in [-0.25, -0.2) is 4.98 Å². The molecule has 3 aliphatic rings. The van der Waals surface area contributed by atoms with Gasteiger partial charge in [0.05, 0.1) is 6.10 Å². The van der Waals surface area contributed by atoms with Crippen molar-refractivity contribution >= 4 is 5.95 Å². The molecule has 4 rings (SSSR count). The normalized spacial score (nSPS) is 28.7. The first-order valence-corrected chi connectivity index (χ1v) is 7.61. The van der Waals surface area contributed by atoms with Crippen molar-refractivity contribution in [2.75, 3.05) is 25.0 Å². The van der Waals surface area contributed by atoms with E-state index in [4.69, 9.17) is 4.74 Å². The summed E-state index contributed by atoms with van der Waals surface area (Å²) in [4.78, 5) is 11.5. The fraction of sp³-hybridized carbons (Fsp3) is 0.733. The molecule has 1 N–H and O–H groups in total. The lowest BCUT2D eigenvalue weighted by Crippen LogP contribution is -2.53. The molecule has 0 spiro atoms. The Kier molecular flexibility index (Phi) is 3.78. The Labute approximate surface area is 120 Å². The van der Waals surface area contributed by atoms with E-state index in [1.165, 1.54) is 25.9 Å². The zero-order chi connectivity index (χ0) is 14.1. The SMILES string of the molecule is Cc1cc(OC(C)C)nc(NC2CN3CCC2CC3)n1. The molecule has 110 valence electrons. The van der Waals surface area contributed by atoms with E-state index in [0.29, 0.717) is 17.9 Å². The van der Waals surface area contributed by atoms with Gasteiger partial charge in [0.15, 0.2) is 0 Å². The number of rotatable bonds is 4. The minimum absolute atomic E-state index is 0.133. The lowest BCUT2D eigenvalue weighted by Gasteiger charge is -2.44. The Bertz CT molecular complexity index is 469. The third-order valence-electron chi connectivity index (χ3n) is 4.16. The minimum Gasteiger partial charge on any atom is -0.475 e. The Morgan fingerprint density at radius 2 is 2.05 bits per heavy atom. The standard InChI is InChI=1S/C15H24N4O/c1-10(2)20-14-8-11(3)16-15(18-14)17-13-9-19-6-4-12(13)5-7-19/h8,10,12-13H,4-7,9H2,1-3H3,(H,16,17,18). The first-order valence-electron chi connectivity index (χ1n) is 7.61. The van der Waals surface area contributed by atoms with E-state index in [0.717, 1.165) is 18.2 Å². The third-order valence-corrected chi connectivity index (χ3v) is 4.16. The fourth-order valence-corrected chi connectivity index (χ4v) is 3.20. The highest BCUT2D eigenvalue weighted by Gasteiger charge is 2.34. The van der Waals surface area contributed by atoms with Crippen molar-refractivity contribution in [3.05, 3.63) is 11.8 Å². The second-order valence-electron chi connectivity index (χ2n) is 6.23. The minimum atomic E-state index is 0.133. The summed E-state index contributed by atoms with van der Waals surface area (Å²) in [6, 6.07) is 2.37. The molecule has 4 heterocycles. The van der Waals surface area contributed by atoms with Gasteiger partial charge in [-0.3, -0.25) is 0 Å². The predicted octanol–water partition coefficient (Wildman–Crippen LogP) is 2.08. The topological polar surface area (TPSA) is 50.3 Å². The number of hydrogen-bond donors (Lipinski definition) is 1. The average Bonchev–Trinajstić information content (AvgIpc) is 2.38. The number of hydrogen-bond acceptors (Lipinski definition) is 5. The fourth-order valence-electron chi connectivity index (χ4n) is 3.20. The van der Waals surface area contributed by atoms with Gasteiger partial charge >= 0.3 is 0 Å². The summed E-state index contributed by atoms with van der Waals surface area (Å²) in [6.07, 6.45) is 2.71. The van der Waals surface area contributed by atoms with Gasteiger partial charge in [-0.2, -0.15) is 4.98 Å². The molecule has 5 heteroatoms. The van der Waals surface area contributed by atoms with Gasteiger partial charge in [-0.1, -0.05) is 0 Å². The number of aryl methyl sites for hydroxylation is 1. The summed E-state index contributed by atoms with van der Waals surface area (Å²) in [7, 11) is 0. The van der Waals surface area contributed by atoms with Crippen molar-refractivity contribution in [1.82, 2.24) is 14.9 Å². The van der Waals surface area contributed by atoms with Crippen LogP contribution in [0.25, 0.3) is 0 Å². The maximum Gasteiger partial charge on any atom is 0.226 e. The van der Waals surface area contributed by atoms with Crippen LogP contribution in [0.15, 0.2) is 6.07 Å². The Morgan fingerprint density at radius 3 is 2.65 bits per heavy atom. The van der Waals surface area contributed by atoms with Crippen molar-refractivity contribution in [2.24, 2.45) is 5.92 Å². The zero-order valence-electron chi connectivity index (χ0n) is 12.6. The lowest BCUT2D eigenvalue weighted by molar-refractivity contribution is 0.0971. The zero-order valence-corrected chi connectivity index (χ0v) is 12.6. The molecule has 1 aromatic rings. The number of fused-ring (bicyclic) bond motifs is 3. The quantitative estimate of drug-likeness (QED) is 0.912. The lowest BCUT2D eigenvalue weighted by atomic mass is 9.84. The number of nitrogens with zero attached hydrogens (tertiary/aromatic N) is 3. The summed E-state index contributed by atoms with van der Waals surface area (Å²) in [5.41, 5.74) is 0.944. The van der Waals surface area contributed by atoms with Gasteiger partial charge in [-0.05, 0) is 52.6 Å². The highest BCUT2D eigenvalue weighted by Crippen LogP contribution is 2.29. The molecule has 0 saturated carbocycles. The predicted molar refractivity (Wildman–Crippen MR) is 79.1 cm³/mol. The van der Waals surface area contributed by atoms with Crippen molar-refractivity contribution in [1.29, 1.82) is 0 Å². The van der Waals surface area contributed by atoms with Crippen molar-refractivity contribution in [3.8, 4) is 5.88 Å². The van der Waals surface area contributed by atoms with Gasteiger partial charge in [-0.15, -0.1) is 0 Å².